The van der Waals surface area contributed by atoms with Crippen LogP contribution < -0.4 is 4.74 Å². The van der Waals surface area contributed by atoms with Crippen molar-refractivity contribution >= 4 is 23.8 Å². The van der Waals surface area contributed by atoms with E-state index in [9.17, 15) is 14.7 Å². The van der Waals surface area contributed by atoms with E-state index in [1.54, 1.807) is 0 Å². The molecule has 0 aromatic carbocycles. The first-order valence-corrected chi connectivity index (χ1v) is 14.8. The topological polar surface area (TPSA) is 114 Å². The van der Waals surface area contributed by atoms with Gasteiger partial charge in [0.2, 0.25) is 5.88 Å². The molecule has 11 heteroatoms. The van der Waals surface area contributed by atoms with Gasteiger partial charge in [-0.3, -0.25) is 0 Å². The molecule has 5 heterocycles. The van der Waals surface area contributed by atoms with Crippen molar-refractivity contribution in [2.75, 3.05) is 13.2 Å². The van der Waals surface area contributed by atoms with Crippen LogP contribution in [0.4, 0.5) is 9.59 Å². The monoisotopic (exact) mass is 580 g/mol. The van der Waals surface area contributed by atoms with Crippen molar-refractivity contribution in [1.82, 2.24) is 19.8 Å². The van der Waals surface area contributed by atoms with Crippen LogP contribution in [0.3, 0.4) is 0 Å². The number of hydrogen-bond donors (Lipinski definition) is 1. The summed E-state index contributed by atoms with van der Waals surface area (Å²) < 4.78 is 16.8. The van der Waals surface area contributed by atoms with Gasteiger partial charge < -0.3 is 29.1 Å². The number of halogens is 1. The number of aliphatic hydroxyl groups excluding tert-OH is 1. The van der Waals surface area contributed by atoms with Crippen LogP contribution in [0.5, 0.6) is 5.88 Å². The van der Waals surface area contributed by atoms with E-state index in [0.717, 1.165) is 44.1 Å². The standard InChI is InChI=1S/C17H24ClN3O3.C12H21NO3/c1-10-14(18)19-9-20-15(10)23-8-11-7-12-5-6-13(11)21(12)16(22)24-17(2,3)4;1-12(2,3)16-11(15)13-9-4-5-10(13)8(6-9)7-14/h9,11-13H,5-8H2,1-4H3;8-10,14H,4-7H2,1-3H3. The van der Waals surface area contributed by atoms with E-state index in [2.05, 4.69) is 9.97 Å². The third-order valence-electron chi connectivity index (χ3n) is 8.18. The second kappa shape index (κ2) is 11.9. The zero-order valence-corrected chi connectivity index (χ0v) is 25.6. The molecule has 4 fully saturated rings. The molecule has 1 aromatic rings. The van der Waals surface area contributed by atoms with Crippen LogP contribution in [0.25, 0.3) is 0 Å². The summed E-state index contributed by atoms with van der Waals surface area (Å²) >= 11 is 6.00. The maximum absolute atomic E-state index is 12.5. The van der Waals surface area contributed by atoms with Gasteiger partial charge in [-0.2, -0.15) is 0 Å². The van der Waals surface area contributed by atoms with Crippen LogP contribution in [0, 0.1) is 18.8 Å². The first-order chi connectivity index (χ1) is 18.7. The van der Waals surface area contributed by atoms with Crippen LogP contribution >= 0.6 is 11.6 Å². The fourth-order valence-electron chi connectivity index (χ4n) is 6.54. The molecule has 40 heavy (non-hydrogen) atoms. The van der Waals surface area contributed by atoms with Gasteiger partial charge in [-0.15, -0.1) is 0 Å². The Morgan fingerprint density at radius 3 is 1.88 bits per heavy atom. The highest BCUT2D eigenvalue weighted by Gasteiger charge is 2.50. The molecule has 0 saturated carbocycles. The highest BCUT2D eigenvalue weighted by atomic mass is 35.5. The lowest BCUT2D eigenvalue weighted by Gasteiger charge is -2.28. The molecule has 2 amide bonds. The number of ether oxygens (including phenoxy) is 3. The molecule has 0 spiro atoms. The Hall–Kier alpha value is -2.33. The van der Waals surface area contributed by atoms with Gasteiger partial charge in [0.1, 0.15) is 22.7 Å². The van der Waals surface area contributed by atoms with Gasteiger partial charge in [0.25, 0.3) is 0 Å². The molecule has 4 bridgehead atoms. The van der Waals surface area contributed by atoms with Gasteiger partial charge in [-0.1, -0.05) is 11.6 Å². The van der Waals surface area contributed by atoms with Crippen LogP contribution in [0.2, 0.25) is 5.15 Å². The second-order valence-corrected chi connectivity index (χ2v) is 13.8. The summed E-state index contributed by atoms with van der Waals surface area (Å²) in [7, 11) is 0. The van der Waals surface area contributed by atoms with Gasteiger partial charge in [-0.25, -0.2) is 19.6 Å². The first kappa shape index (κ1) is 30.6. The summed E-state index contributed by atoms with van der Waals surface area (Å²) in [6, 6.07) is 0.929. The molecular formula is C29H45ClN4O6. The minimum Gasteiger partial charge on any atom is -0.477 e. The maximum atomic E-state index is 12.5. The van der Waals surface area contributed by atoms with Crippen molar-refractivity contribution in [2.24, 2.45) is 11.8 Å². The molecule has 4 saturated heterocycles. The Kier molecular flexibility index (Phi) is 9.10. The zero-order chi connectivity index (χ0) is 29.4. The molecule has 0 aliphatic carbocycles. The number of carbonyl (C=O) groups is 2. The molecule has 6 unspecified atom stereocenters. The number of nitrogens with zero attached hydrogens (tertiary/aromatic N) is 4. The predicted molar refractivity (Wildman–Crippen MR) is 150 cm³/mol. The number of rotatable bonds is 4. The molecule has 4 aliphatic rings. The third kappa shape index (κ3) is 6.93. The quantitative estimate of drug-likeness (QED) is 0.473. The molecule has 1 aromatic heterocycles. The van der Waals surface area contributed by atoms with Crippen LogP contribution in [0.1, 0.15) is 85.6 Å². The van der Waals surface area contributed by atoms with Crippen molar-refractivity contribution in [3.63, 3.8) is 0 Å². The van der Waals surface area contributed by atoms with Gasteiger partial charge in [0, 0.05) is 48.2 Å². The van der Waals surface area contributed by atoms with Gasteiger partial charge in [-0.05, 0) is 87.0 Å². The highest BCUT2D eigenvalue weighted by Crippen LogP contribution is 2.43. The average Bonchev–Trinajstić information content (AvgIpc) is 3.61. The van der Waals surface area contributed by atoms with E-state index in [4.69, 9.17) is 25.8 Å². The minimum absolute atomic E-state index is 0.181. The van der Waals surface area contributed by atoms with Crippen LogP contribution in [-0.4, -0.2) is 85.6 Å². The smallest absolute Gasteiger partial charge is 0.410 e. The summed E-state index contributed by atoms with van der Waals surface area (Å²) in [6.07, 6.45) is 6.96. The highest BCUT2D eigenvalue weighted by molar-refractivity contribution is 6.30. The normalized spacial score (nSPS) is 28.8. The van der Waals surface area contributed by atoms with Crippen molar-refractivity contribution in [3.8, 4) is 5.88 Å². The minimum atomic E-state index is -0.472. The van der Waals surface area contributed by atoms with E-state index in [-0.39, 0.29) is 48.9 Å². The summed E-state index contributed by atoms with van der Waals surface area (Å²) in [4.78, 5) is 36.3. The number of fused-ring (bicyclic) bond motifs is 4. The summed E-state index contributed by atoms with van der Waals surface area (Å²) in [5, 5.41) is 9.65. The van der Waals surface area contributed by atoms with Crippen LogP contribution in [-0.2, 0) is 9.47 Å². The molecule has 4 aliphatic heterocycles. The number of carbonyl (C=O) groups excluding carboxylic acids is 2. The van der Waals surface area contributed by atoms with E-state index < -0.39 is 11.2 Å². The van der Waals surface area contributed by atoms with Gasteiger partial charge in [0.15, 0.2) is 0 Å². The molecule has 10 nitrogen and oxygen atoms in total. The fraction of sp³-hybridized carbons (Fsp3) is 0.793. The summed E-state index contributed by atoms with van der Waals surface area (Å²) in [5.41, 5.74) is -0.167. The molecule has 5 rings (SSSR count). The Morgan fingerprint density at radius 2 is 1.40 bits per heavy atom. The first-order valence-electron chi connectivity index (χ1n) is 14.4. The lowest BCUT2D eigenvalue weighted by Crippen LogP contribution is -2.41. The Balaban J connectivity index is 0.000000201. The lowest BCUT2D eigenvalue weighted by molar-refractivity contribution is 0.0186. The predicted octanol–water partition coefficient (Wildman–Crippen LogP) is 5.37. The number of aliphatic hydroxyl groups is 1. The third-order valence-corrected chi connectivity index (χ3v) is 8.57. The molecule has 6 atom stereocenters. The molecule has 1 N–H and O–H groups in total. The fourth-order valence-corrected chi connectivity index (χ4v) is 6.67. The van der Waals surface area contributed by atoms with E-state index in [1.165, 1.54) is 6.33 Å². The van der Waals surface area contributed by atoms with E-state index in [1.807, 2.05) is 58.3 Å². The van der Waals surface area contributed by atoms with Gasteiger partial charge in [0.05, 0.1) is 6.61 Å². The zero-order valence-electron chi connectivity index (χ0n) is 24.9. The number of aromatic nitrogens is 2. The second-order valence-electron chi connectivity index (χ2n) is 13.5. The average molecular weight is 581 g/mol. The Labute approximate surface area is 242 Å². The van der Waals surface area contributed by atoms with Gasteiger partial charge >= 0.3 is 12.2 Å². The van der Waals surface area contributed by atoms with Crippen molar-refractivity contribution in [1.29, 1.82) is 0 Å². The van der Waals surface area contributed by atoms with Crippen molar-refractivity contribution in [2.45, 2.75) is 122 Å². The molecule has 224 valence electrons. The van der Waals surface area contributed by atoms with Crippen LogP contribution in [0.15, 0.2) is 6.33 Å². The van der Waals surface area contributed by atoms with E-state index in [0.29, 0.717) is 23.6 Å². The van der Waals surface area contributed by atoms with Crippen molar-refractivity contribution < 1.29 is 28.9 Å². The SMILES string of the molecule is CC(C)(C)OC(=O)N1C2CCC1C(CO)C2.Cc1c(Cl)ncnc1OCC1CC2CCC1N2C(=O)OC(C)(C)C. The molecular weight excluding hydrogens is 536 g/mol. The maximum Gasteiger partial charge on any atom is 0.410 e. The van der Waals surface area contributed by atoms with Crippen molar-refractivity contribution in [3.05, 3.63) is 17.0 Å². The summed E-state index contributed by atoms with van der Waals surface area (Å²) in [5.74, 6) is 1.07. The molecule has 0 radical (unpaired) electrons. The van der Waals surface area contributed by atoms with E-state index >= 15 is 0 Å². The Morgan fingerprint density at radius 1 is 0.900 bits per heavy atom. The summed E-state index contributed by atoms with van der Waals surface area (Å²) in [6.45, 7) is 13.9. The number of amides is 2. The lowest BCUT2D eigenvalue weighted by atomic mass is 9.90. The largest absolute Gasteiger partial charge is 0.477 e. The Bertz CT molecular complexity index is 1070. The number of hydrogen-bond acceptors (Lipinski definition) is 8.